The van der Waals surface area contributed by atoms with Gasteiger partial charge in [-0.3, -0.25) is 4.79 Å². The number of aromatic hydroxyl groups is 1. The lowest BCUT2D eigenvalue weighted by Gasteiger charge is -2.36. The average molecular weight is 275 g/mol. The van der Waals surface area contributed by atoms with Gasteiger partial charge in [-0.2, -0.15) is 4.39 Å². The predicted molar refractivity (Wildman–Crippen MR) is 59.1 cm³/mol. The van der Waals surface area contributed by atoms with Gasteiger partial charge in [0.2, 0.25) is 5.82 Å². The van der Waals surface area contributed by atoms with Crippen molar-refractivity contribution in [1.29, 1.82) is 0 Å². The Kier molecular flexibility index (Phi) is 3.40. The number of aliphatic hydroxyl groups is 1. The molecule has 1 aromatic carbocycles. The van der Waals surface area contributed by atoms with Gasteiger partial charge in [0.25, 0.3) is 5.91 Å². The number of benzene rings is 1. The summed E-state index contributed by atoms with van der Waals surface area (Å²) in [5.41, 5.74) is -1.83. The molecule has 1 fully saturated rings. The van der Waals surface area contributed by atoms with Crippen molar-refractivity contribution < 1.29 is 28.2 Å². The van der Waals surface area contributed by atoms with Gasteiger partial charge >= 0.3 is 0 Å². The highest BCUT2D eigenvalue weighted by Gasteiger charge is 2.35. The first-order chi connectivity index (χ1) is 8.84. The lowest BCUT2D eigenvalue weighted by molar-refractivity contribution is -0.0300. The summed E-state index contributed by atoms with van der Waals surface area (Å²) in [5.74, 6) is -7.35. The van der Waals surface area contributed by atoms with E-state index in [1.165, 1.54) is 0 Å². The van der Waals surface area contributed by atoms with Crippen LogP contribution in [0.3, 0.4) is 0 Å². The van der Waals surface area contributed by atoms with E-state index in [0.717, 1.165) is 6.42 Å². The molecule has 2 rings (SSSR count). The van der Waals surface area contributed by atoms with Crippen molar-refractivity contribution in [3.63, 3.8) is 0 Å². The third-order valence-electron chi connectivity index (χ3n) is 3.24. The molecule has 0 aliphatic heterocycles. The quantitative estimate of drug-likeness (QED) is 0.731. The Bertz CT molecular complexity index is 529. The molecule has 1 aromatic rings. The van der Waals surface area contributed by atoms with Crippen molar-refractivity contribution in [3.05, 3.63) is 29.1 Å². The second kappa shape index (κ2) is 4.73. The molecule has 0 spiro atoms. The molecule has 0 atom stereocenters. The molecular formula is C12H12F3NO3. The predicted octanol–water partition coefficient (Wildman–Crippen LogP) is 1.45. The lowest BCUT2D eigenvalue weighted by Crippen LogP contribution is -2.47. The maximum atomic E-state index is 13.4. The Morgan fingerprint density at radius 1 is 1.32 bits per heavy atom. The van der Waals surface area contributed by atoms with Crippen LogP contribution in [0.4, 0.5) is 13.2 Å². The van der Waals surface area contributed by atoms with E-state index in [9.17, 15) is 23.1 Å². The summed E-state index contributed by atoms with van der Waals surface area (Å²) in [5, 5.41) is 20.9. The van der Waals surface area contributed by atoms with Crippen molar-refractivity contribution in [1.82, 2.24) is 5.32 Å². The standard InChI is InChI=1S/C12H12F3NO3/c13-7-4-6(8(14)10(17)9(7)15)11(18)16-5-12(19)2-1-3-12/h4,17,19H,1-3,5H2,(H,16,18). The van der Waals surface area contributed by atoms with Gasteiger partial charge in [-0.05, 0) is 25.3 Å². The fraction of sp³-hybridized carbons (Fsp3) is 0.417. The topological polar surface area (TPSA) is 69.6 Å². The van der Waals surface area contributed by atoms with E-state index < -0.39 is 40.3 Å². The van der Waals surface area contributed by atoms with Gasteiger partial charge < -0.3 is 15.5 Å². The van der Waals surface area contributed by atoms with Crippen LogP contribution in [0.2, 0.25) is 0 Å². The first-order valence-corrected chi connectivity index (χ1v) is 5.71. The van der Waals surface area contributed by atoms with Crippen molar-refractivity contribution >= 4 is 5.91 Å². The summed E-state index contributed by atoms with van der Waals surface area (Å²) in [7, 11) is 0. The number of phenols is 1. The van der Waals surface area contributed by atoms with Crippen LogP contribution in [0.5, 0.6) is 5.75 Å². The minimum Gasteiger partial charge on any atom is -0.503 e. The van der Waals surface area contributed by atoms with Gasteiger partial charge in [-0.25, -0.2) is 8.78 Å². The fourth-order valence-electron chi connectivity index (χ4n) is 1.86. The molecule has 19 heavy (non-hydrogen) atoms. The number of phenolic OH excluding ortho intramolecular Hbond substituents is 1. The smallest absolute Gasteiger partial charge is 0.254 e. The highest BCUT2D eigenvalue weighted by atomic mass is 19.2. The molecule has 0 aromatic heterocycles. The maximum Gasteiger partial charge on any atom is 0.254 e. The van der Waals surface area contributed by atoms with Crippen molar-refractivity contribution in [2.75, 3.05) is 6.54 Å². The van der Waals surface area contributed by atoms with Crippen molar-refractivity contribution in [3.8, 4) is 5.75 Å². The minimum atomic E-state index is -1.74. The minimum absolute atomic E-state index is 0.106. The highest BCUT2D eigenvalue weighted by molar-refractivity contribution is 5.95. The van der Waals surface area contributed by atoms with Crippen LogP contribution in [0.25, 0.3) is 0 Å². The van der Waals surface area contributed by atoms with E-state index in [1.54, 1.807) is 0 Å². The monoisotopic (exact) mass is 275 g/mol. The number of carbonyl (C=O) groups excluding carboxylic acids is 1. The number of nitrogens with one attached hydrogen (secondary N) is 1. The molecule has 1 amide bonds. The Morgan fingerprint density at radius 3 is 2.47 bits per heavy atom. The summed E-state index contributed by atoms with van der Waals surface area (Å²) >= 11 is 0. The van der Waals surface area contributed by atoms with Gasteiger partial charge in [0, 0.05) is 6.54 Å². The molecule has 3 N–H and O–H groups in total. The van der Waals surface area contributed by atoms with Crippen LogP contribution < -0.4 is 5.32 Å². The Balaban J connectivity index is 2.15. The molecule has 0 unspecified atom stereocenters. The molecule has 104 valence electrons. The zero-order chi connectivity index (χ0) is 14.2. The Hall–Kier alpha value is -1.76. The number of amides is 1. The van der Waals surface area contributed by atoms with Crippen LogP contribution in [-0.4, -0.2) is 28.3 Å². The second-order valence-corrected chi connectivity index (χ2v) is 4.64. The molecule has 0 saturated heterocycles. The summed E-state index contributed by atoms with van der Waals surface area (Å²) in [6.07, 6.45) is 1.85. The van der Waals surface area contributed by atoms with Gasteiger partial charge in [-0.15, -0.1) is 0 Å². The molecule has 4 nitrogen and oxygen atoms in total. The number of carbonyl (C=O) groups is 1. The number of halogens is 3. The van der Waals surface area contributed by atoms with Gasteiger partial charge in [0.1, 0.15) is 0 Å². The lowest BCUT2D eigenvalue weighted by atomic mass is 9.80. The first kappa shape index (κ1) is 13.7. The van der Waals surface area contributed by atoms with Gasteiger partial charge in [-0.1, -0.05) is 0 Å². The van der Waals surface area contributed by atoms with E-state index in [2.05, 4.69) is 5.32 Å². The normalized spacial score (nSPS) is 16.8. The molecule has 0 radical (unpaired) electrons. The van der Waals surface area contributed by atoms with Crippen molar-refractivity contribution in [2.24, 2.45) is 0 Å². The highest BCUT2D eigenvalue weighted by Crippen LogP contribution is 2.31. The molecule has 0 heterocycles. The van der Waals surface area contributed by atoms with Crippen LogP contribution in [0.15, 0.2) is 6.07 Å². The first-order valence-electron chi connectivity index (χ1n) is 5.71. The number of rotatable bonds is 3. The summed E-state index contributed by atoms with van der Waals surface area (Å²) in [4.78, 5) is 11.6. The number of hydrogen-bond acceptors (Lipinski definition) is 3. The summed E-state index contributed by atoms with van der Waals surface area (Å²) in [6, 6.07) is 0.366. The van der Waals surface area contributed by atoms with Gasteiger partial charge in [0.15, 0.2) is 17.4 Å². The van der Waals surface area contributed by atoms with E-state index in [1.807, 2.05) is 0 Å². The number of hydrogen-bond donors (Lipinski definition) is 3. The summed E-state index contributed by atoms with van der Waals surface area (Å²) in [6.45, 7) is -0.106. The Labute approximate surface area is 106 Å². The van der Waals surface area contributed by atoms with Crippen LogP contribution in [0, 0.1) is 17.5 Å². The van der Waals surface area contributed by atoms with E-state index >= 15 is 0 Å². The molecular weight excluding hydrogens is 263 g/mol. The molecule has 1 aliphatic rings. The molecule has 0 bridgehead atoms. The van der Waals surface area contributed by atoms with E-state index in [-0.39, 0.29) is 6.54 Å². The summed E-state index contributed by atoms with van der Waals surface area (Å²) < 4.78 is 39.3. The van der Waals surface area contributed by atoms with E-state index in [0.29, 0.717) is 18.9 Å². The third kappa shape index (κ3) is 2.51. The van der Waals surface area contributed by atoms with Crippen molar-refractivity contribution in [2.45, 2.75) is 24.9 Å². The molecule has 1 aliphatic carbocycles. The van der Waals surface area contributed by atoms with Crippen LogP contribution in [-0.2, 0) is 0 Å². The van der Waals surface area contributed by atoms with Crippen LogP contribution >= 0.6 is 0 Å². The molecule has 7 heteroatoms. The fourth-order valence-corrected chi connectivity index (χ4v) is 1.86. The zero-order valence-electron chi connectivity index (χ0n) is 9.84. The maximum absolute atomic E-state index is 13.4. The van der Waals surface area contributed by atoms with Crippen LogP contribution in [0.1, 0.15) is 29.6 Å². The average Bonchev–Trinajstić information content (AvgIpc) is 2.35. The van der Waals surface area contributed by atoms with E-state index in [4.69, 9.17) is 5.11 Å². The Morgan fingerprint density at radius 2 is 1.95 bits per heavy atom. The molecule has 1 saturated carbocycles. The second-order valence-electron chi connectivity index (χ2n) is 4.64. The van der Waals surface area contributed by atoms with Gasteiger partial charge in [0.05, 0.1) is 11.2 Å². The third-order valence-corrected chi connectivity index (χ3v) is 3.24. The SMILES string of the molecule is O=C(NCC1(O)CCC1)c1cc(F)c(F)c(O)c1F. The zero-order valence-corrected chi connectivity index (χ0v) is 9.84. The largest absolute Gasteiger partial charge is 0.503 e.